The van der Waals surface area contributed by atoms with Crippen LogP contribution in [0.2, 0.25) is 0 Å². The van der Waals surface area contributed by atoms with Gasteiger partial charge in [0, 0.05) is 6.20 Å². The molecular formula is C10H8ClNO2S. The number of hydrogen-bond donors (Lipinski definition) is 0. The Balaban J connectivity index is 2.59. The van der Waals surface area contributed by atoms with Gasteiger partial charge in [-0.25, -0.2) is 13.4 Å². The number of aryl methyl sites for hydroxylation is 1. The summed E-state index contributed by atoms with van der Waals surface area (Å²) in [6.07, 6.45) is 1.29. The minimum Gasteiger partial charge on any atom is -0.232 e. The van der Waals surface area contributed by atoms with Crippen LogP contribution in [-0.2, 0) is 9.84 Å². The number of aliphatic imine (C=N–C) groups is 1. The lowest BCUT2D eigenvalue weighted by Crippen LogP contribution is -2.07. The maximum absolute atomic E-state index is 11.7. The van der Waals surface area contributed by atoms with Gasteiger partial charge in [0.2, 0.25) is 14.3 Å². The second-order valence-electron chi connectivity index (χ2n) is 3.19. The van der Waals surface area contributed by atoms with Gasteiger partial charge < -0.3 is 0 Å². The van der Waals surface area contributed by atoms with Gasteiger partial charge in [0.05, 0.1) is 0 Å². The summed E-state index contributed by atoms with van der Waals surface area (Å²) >= 11 is 5.51. The molecule has 1 aromatic rings. The van der Waals surface area contributed by atoms with E-state index in [1.54, 1.807) is 12.1 Å². The molecule has 0 fully saturated rings. The van der Waals surface area contributed by atoms with Crippen LogP contribution in [0.3, 0.4) is 0 Å². The Kier molecular flexibility index (Phi) is 2.40. The first-order chi connectivity index (χ1) is 7.03. The molecule has 0 radical (unpaired) electrons. The lowest BCUT2D eigenvalue weighted by Gasteiger charge is -2.05. The third-order valence-corrected chi connectivity index (χ3v) is 4.37. The zero-order chi connectivity index (χ0) is 11.1. The summed E-state index contributed by atoms with van der Waals surface area (Å²) in [6, 6.07) is 7.22. The maximum atomic E-state index is 11.7. The number of rotatable bonds is 1. The van der Waals surface area contributed by atoms with Gasteiger partial charge in [-0.3, -0.25) is 0 Å². The highest BCUT2D eigenvalue weighted by Crippen LogP contribution is 2.30. The molecule has 0 amide bonds. The number of halogens is 1. The number of benzene rings is 1. The molecule has 1 aliphatic heterocycles. The van der Waals surface area contributed by atoms with E-state index in [1.807, 2.05) is 19.1 Å². The van der Waals surface area contributed by atoms with Crippen LogP contribution in [0.25, 0.3) is 4.91 Å². The van der Waals surface area contributed by atoms with Crippen molar-refractivity contribution in [2.24, 2.45) is 4.99 Å². The molecule has 0 N–H and O–H groups in total. The van der Waals surface area contributed by atoms with E-state index in [-0.39, 0.29) is 9.41 Å². The standard InChI is InChI=1S/C10H8ClNO2S/c1-7-4-2-3-5-8(7)9-6-12-10(11)15(9,13)14/h2-6H,1H3. The van der Waals surface area contributed by atoms with Gasteiger partial charge in [-0.1, -0.05) is 24.3 Å². The van der Waals surface area contributed by atoms with Gasteiger partial charge in [0.25, 0.3) is 0 Å². The van der Waals surface area contributed by atoms with Crippen molar-refractivity contribution in [3.05, 3.63) is 41.6 Å². The van der Waals surface area contributed by atoms with Crippen LogP contribution in [0, 0.1) is 6.92 Å². The van der Waals surface area contributed by atoms with E-state index in [0.717, 1.165) is 5.56 Å². The van der Waals surface area contributed by atoms with Crippen molar-refractivity contribution in [3.63, 3.8) is 0 Å². The minimum atomic E-state index is -3.56. The molecule has 2 rings (SSSR count). The summed E-state index contributed by atoms with van der Waals surface area (Å²) in [5.41, 5.74) is 1.53. The largest absolute Gasteiger partial charge is 0.237 e. The van der Waals surface area contributed by atoms with Gasteiger partial charge in [0.1, 0.15) is 4.91 Å². The lowest BCUT2D eigenvalue weighted by molar-refractivity contribution is 0.617. The van der Waals surface area contributed by atoms with E-state index < -0.39 is 9.84 Å². The molecule has 1 aromatic carbocycles. The van der Waals surface area contributed by atoms with Crippen LogP contribution >= 0.6 is 11.6 Å². The van der Waals surface area contributed by atoms with Gasteiger partial charge >= 0.3 is 0 Å². The Hall–Kier alpha value is -1.13. The van der Waals surface area contributed by atoms with Crippen LogP contribution in [-0.4, -0.2) is 12.9 Å². The summed E-state index contributed by atoms with van der Waals surface area (Å²) in [4.78, 5) is 3.79. The Morgan fingerprint density at radius 3 is 2.47 bits per heavy atom. The molecule has 78 valence electrons. The Morgan fingerprint density at radius 2 is 1.93 bits per heavy atom. The third kappa shape index (κ3) is 1.60. The van der Waals surface area contributed by atoms with Crippen LogP contribution in [0.5, 0.6) is 0 Å². The Morgan fingerprint density at radius 1 is 1.27 bits per heavy atom. The second-order valence-corrected chi connectivity index (χ2v) is 5.61. The van der Waals surface area contributed by atoms with E-state index >= 15 is 0 Å². The third-order valence-electron chi connectivity index (χ3n) is 2.21. The highest BCUT2D eigenvalue weighted by molar-refractivity contribution is 8.17. The first-order valence-electron chi connectivity index (χ1n) is 4.28. The van der Waals surface area contributed by atoms with E-state index in [9.17, 15) is 8.42 Å². The molecule has 0 spiro atoms. The molecule has 15 heavy (non-hydrogen) atoms. The average molecular weight is 242 g/mol. The molecule has 0 atom stereocenters. The van der Waals surface area contributed by atoms with Crippen molar-refractivity contribution >= 4 is 30.8 Å². The van der Waals surface area contributed by atoms with Crippen molar-refractivity contribution in [2.75, 3.05) is 0 Å². The van der Waals surface area contributed by atoms with Crippen LogP contribution in [0.15, 0.2) is 35.5 Å². The summed E-state index contributed by atoms with van der Waals surface area (Å²) in [6.45, 7) is 1.85. The summed E-state index contributed by atoms with van der Waals surface area (Å²) in [5, 5.41) is 0. The SMILES string of the molecule is Cc1ccccc1C1=CN=C(Cl)S1(=O)=O. The predicted molar refractivity (Wildman–Crippen MR) is 61.4 cm³/mol. The highest BCUT2D eigenvalue weighted by Gasteiger charge is 2.29. The topological polar surface area (TPSA) is 46.5 Å². The van der Waals surface area contributed by atoms with Gasteiger partial charge in [-0.15, -0.1) is 0 Å². The fourth-order valence-electron chi connectivity index (χ4n) is 1.40. The summed E-state index contributed by atoms with van der Waals surface area (Å²) in [5.74, 6) is 0. The minimum absolute atomic E-state index is 0.172. The molecule has 3 nitrogen and oxygen atoms in total. The number of nitrogens with zero attached hydrogens (tertiary/aromatic N) is 1. The molecule has 1 heterocycles. The molecule has 0 saturated carbocycles. The molecule has 0 aliphatic carbocycles. The quantitative estimate of drug-likeness (QED) is 0.758. The Bertz CT molecular complexity index is 573. The van der Waals surface area contributed by atoms with Crippen molar-refractivity contribution in [3.8, 4) is 0 Å². The highest BCUT2D eigenvalue weighted by atomic mass is 35.5. The predicted octanol–water partition coefficient (Wildman–Crippen LogP) is 2.32. The van der Waals surface area contributed by atoms with E-state index in [0.29, 0.717) is 5.56 Å². The summed E-state index contributed by atoms with van der Waals surface area (Å²) < 4.78 is 23.1. The monoisotopic (exact) mass is 241 g/mol. The normalized spacial score (nSPS) is 18.5. The van der Waals surface area contributed by atoms with Crippen molar-refractivity contribution < 1.29 is 8.42 Å². The number of sulfone groups is 1. The molecule has 5 heteroatoms. The van der Waals surface area contributed by atoms with E-state index in [2.05, 4.69) is 4.99 Å². The van der Waals surface area contributed by atoms with Crippen molar-refractivity contribution in [2.45, 2.75) is 6.92 Å². The fourth-order valence-corrected chi connectivity index (χ4v) is 2.78. The molecule has 0 aromatic heterocycles. The molecule has 0 unspecified atom stereocenters. The van der Waals surface area contributed by atoms with Crippen molar-refractivity contribution in [1.82, 2.24) is 0 Å². The van der Waals surface area contributed by atoms with Crippen molar-refractivity contribution in [1.29, 1.82) is 0 Å². The van der Waals surface area contributed by atoms with Gasteiger partial charge in [0.15, 0.2) is 0 Å². The zero-order valence-electron chi connectivity index (χ0n) is 7.94. The number of hydrogen-bond acceptors (Lipinski definition) is 3. The van der Waals surface area contributed by atoms with E-state index in [4.69, 9.17) is 11.6 Å². The molecular weight excluding hydrogens is 234 g/mol. The first-order valence-corrected chi connectivity index (χ1v) is 6.14. The smallest absolute Gasteiger partial charge is 0.232 e. The zero-order valence-corrected chi connectivity index (χ0v) is 9.51. The fraction of sp³-hybridized carbons (Fsp3) is 0.100. The molecule has 0 bridgehead atoms. The van der Waals surface area contributed by atoms with Crippen LogP contribution < -0.4 is 0 Å². The van der Waals surface area contributed by atoms with Gasteiger partial charge in [-0.2, -0.15) is 0 Å². The Labute approximate surface area is 93.0 Å². The lowest BCUT2D eigenvalue weighted by atomic mass is 10.1. The first kappa shape index (κ1) is 10.4. The molecule has 0 saturated heterocycles. The second kappa shape index (κ2) is 3.47. The van der Waals surface area contributed by atoms with Crippen LogP contribution in [0.4, 0.5) is 0 Å². The average Bonchev–Trinajstić information content (AvgIpc) is 2.44. The van der Waals surface area contributed by atoms with Crippen LogP contribution in [0.1, 0.15) is 11.1 Å². The molecule has 1 aliphatic rings. The van der Waals surface area contributed by atoms with Gasteiger partial charge in [-0.05, 0) is 29.7 Å². The maximum Gasteiger partial charge on any atom is 0.237 e. The summed E-state index contributed by atoms with van der Waals surface area (Å²) in [7, 11) is -3.56. The van der Waals surface area contributed by atoms with E-state index in [1.165, 1.54) is 6.20 Å².